The minimum absolute atomic E-state index is 0.355. The van der Waals surface area contributed by atoms with Crippen molar-refractivity contribution < 1.29 is 5.11 Å². The van der Waals surface area contributed by atoms with E-state index in [4.69, 9.17) is 0 Å². The Labute approximate surface area is 87.2 Å². The lowest BCUT2D eigenvalue weighted by Crippen LogP contribution is -2.32. The Kier molecular flexibility index (Phi) is 3.27. The average molecular weight is 194 g/mol. The first-order valence-electron chi connectivity index (χ1n) is 6.08. The summed E-state index contributed by atoms with van der Waals surface area (Å²) in [5.41, 5.74) is 0. The summed E-state index contributed by atoms with van der Waals surface area (Å²) in [6.07, 6.45) is 10.3. The first-order chi connectivity index (χ1) is 6.85. The Hall–Kier alpha value is -0.300. The number of allylic oxidation sites excluding steroid dienone is 1. The molecule has 0 spiro atoms. The maximum absolute atomic E-state index is 9.24. The maximum Gasteiger partial charge on any atom is 0.0464 e. The molecule has 0 aromatic heterocycles. The molecule has 2 aliphatic rings. The largest absolute Gasteiger partial charge is 0.396 e. The molecule has 0 aromatic rings. The first kappa shape index (κ1) is 10.2. The highest BCUT2D eigenvalue weighted by atomic mass is 16.3. The van der Waals surface area contributed by atoms with E-state index in [1.807, 2.05) is 0 Å². The van der Waals surface area contributed by atoms with Gasteiger partial charge in [-0.2, -0.15) is 0 Å². The molecule has 14 heavy (non-hydrogen) atoms. The third-order valence-corrected chi connectivity index (χ3v) is 4.44. The van der Waals surface area contributed by atoms with Crippen LogP contribution in [0.2, 0.25) is 0 Å². The van der Waals surface area contributed by atoms with E-state index in [9.17, 15) is 5.11 Å². The topological polar surface area (TPSA) is 20.2 Å². The molecule has 0 aromatic carbocycles. The van der Waals surface area contributed by atoms with Crippen molar-refractivity contribution in [1.29, 1.82) is 0 Å². The van der Waals surface area contributed by atoms with Crippen molar-refractivity contribution in [3.63, 3.8) is 0 Å². The normalized spacial score (nSPS) is 39.1. The fraction of sp³-hybridized carbons (Fsp3) is 0.846. The van der Waals surface area contributed by atoms with Gasteiger partial charge in [-0.05, 0) is 42.9 Å². The van der Waals surface area contributed by atoms with E-state index in [1.165, 1.54) is 38.5 Å². The van der Waals surface area contributed by atoms with Gasteiger partial charge in [-0.15, -0.1) is 6.58 Å². The zero-order valence-corrected chi connectivity index (χ0v) is 8.99. The molecular weight excluding hydrogens is 172 g/mol. The average Bonchev–Trinajstić information content (AvgIpc) is 2.15. The van der Waals surface area contributed by atoms with Crippen LogP contribution in [0.15, 0.2) is 12.7 Å². The van der Waals surface area contributed by atoms with Gasteiger partial charge in [0.25, 0.3) is 0 Å². The van der Waals surface area contributed by atoms with Gasteiger partial charge in [0.15, 0.2) is 0 Å². The Morgan fingerprint density at radius 1 is 1.14 bits per heavy atom. The predicted molar refractivity (Wildman–Crippen MR) is 58.9 cm³/mol. The van der Waals surface area contributed by atoms with E-state index >= 15 is 0 Å². The zero-order chi connectivity index (χ0) is 9.97. The quantitative estimate of drug-likeness (QED) is 0.685. The van der Waals surface area contributed by atoms with Gasteiger partial charge in [-0.1, -0.05) is 25.3 Å². The van der Waals surface area contributed by atoms with E-state index in [0.29, 0.717) is 18.4 Å². The van der Waals surface area contributed by atoms with Gasteiger partial charge >= 0.3 is 0 Å². The number of aliphatic hydroxyl groups excluding tert-OH is 1. The summed E-state index contributed by atoms with van der Waals surface area (Å²) in [5.74, 6) is 3.04. The molecule has 0 radical (unpaired) electrons. The summed E-state index contributed by atoms with van der Waals surface area (Å²) in [6, 6.07) is 0. The molecule has 2 saturated carbocycles. The van der Waals surface area contributed by atoms with E-state index in [1.54, 1.807) is 0 Å². The highest BCUT2D eigenvalue weighted by Crippen LogP contribution is 2.44. The van der Waals surface area contributed by atoms with Gasteiger partial charge in [-0.3, -0.25) is 0 Å². The van der Waals surface area contributed by atoms with E-state index in [2.05, 4.69) is 12.7 Å². The summed E-state index contributed by atoms with van der Waals surface area (Å²) in [5, 5.41) is 9.24. The summed E-state index contributed by atoms with van der Waals surface area (Å²) < 4.78 is 0. The Bertz CT molecular complexity index is 195. The van der Waals surface area contributed by atoms with Crippen molar-refractivity contribution >= 4 is 0 Å². The smallest absolute Gasteiger partial charge is 0.0464 e. The van der Waals surface area contributed by atoms with Crippen LogP contribution in [0.3, 0.4) is 0 Å². The molecule has 1 N–H and O–H groups in total. The van der Waals surface area contributed by atoms with Gasteiger partial charge < -0.3 is 5.11 Å². The fourth-order valence-electron chi connectivity index (χ4n) is 3.16. The molecule has 1 nitrogen and oxygen atoms in total. The number of hydrogen-bond acceptors (Lipinski definition) is 1. The van der Waals surface area contributed by atoms with Gasteiger partial charge in [0.2, 0.25) is 0 Å². The molecule has 3 unspecified atom stereocenters. The van der Waals surface area contributed by atoms with Crippen molar-refractivity contribution in [2.45, 2.75) is 38.5 Å². The van der Waals surface area contributed by atoms with Crippen molar-refractivity contribution in [2.75, 3.05) is 6.61 Å². The number of rotatable bonds is 3. The molecule has 0 saturated heterocycles. The molecule has 2 rings (SSSR count). The summed E-state index contributed by atoms with van der Waals surface area (Å²) in [6.45, 7) is 4.26. The molecule has 3 atom stereocenters. The second kappa shape index (κ2) is 4.48. The third-order valence-electron chi connectivity index (χ3n) is 4.44. The van der Waals surface area contributed by atoms with E-state index in [0.717, 1.165) is 11.8 Å². The van der Waals surface area contributed by atoms with Crippen LogP contribution in [-0.2, 0) is 0 Å². The summed E-state index contributed by atoms with van der Waals surface area (Å²) >= 11 is 0. The van der Waals surface area contributed by atoms with Crippen molar-refractivity contribution in [3.05, 3.63) is 12.7 Å². The van der Waals surface area contributed by atoms with Crippen molar-refractivity contribution in [3.8, 4) is 0 Å². The van der Waals surface area contributed by atoms with E-state index < -0.39 is 0 Å². The minimum atomic E-state index is 0.355. The second-order valence-electron chi connectivity index (χ2n) is 5.11. The predicted octanol–water partition coefficient (Wildman–Crippen LogP) is 3.00. The SMILES string of the molecule is C=CC1CC(C2CCC2)CCC1CO. The standard InChI is InChI=1S/C13H22O/c1-2-10-8-12(11-4-3-5-11)6-7-13(10)9-14/h2,10-14H,1,3-9H2. The Morgan fingerprint density at radius 3 is 2.43 bits per heavy atom. The molecule has 2 fully saturated rings. The molecule has 0 heterocycles. The molecule has 0 bridgehead atoms. The van der Waals surface area contributed by atoms with Crippen LogP contribution in [-0.4, -0.2) is 11.7 Å². The molecule has 80 valence electrons. The summed E-state index contributed by atoms with van der Waals surface area (Å²) in [4.78, 5) is 0. The van der Waals surface area contributed by atoms with Crippen LogP contribution in [0.5, 0.6) is 0 Å². The Morgan fingerprint density at radius 2 is 1.93 bits per heavy atom. The van der Waals surface area contributed by atoms with Crippen LogP contribution in [0.4, 0.5) is 0 Å². The van der Waals surface area contributed by atoms with Crippen LogP contribution in [0.25, 0.3) is 0 Å². The first-order valence-corrected chi connectivity index (χ1v) is 6.08. The Balaban J connectivity index is 1.89. The monoisotopic (exact) mass is 194 g/mol. The van der Waals surface area contributed by atoms with Crippen LogP contribution >= 0.6 is 0 Å². The van der Waals surface area contributed by atoms with Crippen LogP contribution in [0, 0.1) is 23.7 Å². The van der Waals surface area contributed by atoms with Crippen molar-refractivity contribution in [1.82, 2.24) is 0 Å². The molecule has 0 amide bonds. The lowest BCUT2D eigenvalue weighted by Gasteiger charge is -2.41. The van der Waals surface area contributed by atoms with Gasteiger partial charge in [0, 0.05) is 6.61 Å². The number of aliphatic hydroxyl groups is 1. The second-order valence-corrected chi connectivity index (χ2v) is 5.11. The number of hydrogen-bond donors (Lipinski definition) is 1. The molecule has 2 aliphatic carbocycles. The summed E-state index contributed by atoms with van der Waals surface area (Å²) in [7, 11) is 0. The highest BCUT2D eigenvalue weighted by molar-refractivity contribution is 4.92. The zero-order valence-electron chi connectivity index (χ0n) is 8.99. The lowest BCUT2D eigenvalue weighted by molar-refractivity contribution is 0.0819. The van der Waals surface area contributed by atoms with E-state index in [-0.39, 0.29) is 0 Å². The third kappa shape index (κ3) is 1.88. The van der Waals surface area contributed by atoms with Crippen LogP contribution in [0.1, 0.15) is 38.5 Å². The van der Waals surface area contributed by atoms with Crippen molar-refractivity contribution in [2.24, 2.45) is 23.7 Å². The lowest BCUT2D eigenvalue weighted by atomic mass is 9.65. The molecule has 1 heteroatoms. The van der Waals surface area contributed by atoms with Gasteiger partial charge in [-0.25, -0.2) is 0 Å². The maximum atomic E-state index is 9.24. The highest BCUT2D eigenvalue weighted by Gasteiger charge is 2.34. The van der Waals surface area contributed by atoms with Crippen LogP contribution < -0.4 is 0 Å². The molecular formula is C13H22O. The minimum Gasteiger partial charge on any atom is -0.396 e. The van der Waals surface area contributed by atoms with Gasteiger partial charge in [0.05, 0.1) is 0 Å². The molecule has 0 aliphatic heterocycles. The van der Waals surface area contributed by atoms with Gasteiger partial charge in [0.1, 0.15) is 0 Å². The fourth-order valence-corrected chi connectivity index (χ4v) is 3.16.